The normalized spacial score (nSPS) is 12.7. The maximum absolute atomic E-state index is 12.1. The van der Waals surface area contributed by atoms with E-state index in [0.29, 0.717) is 29.5 Å². The monoisotopic (exact) mass is 379 g/mol. The third-order valence-corrected chi connectivity index (χ3v) is 3.93. The van der Waals surface area contributed by atoms with Gasteiger partial charge in [0.15, 0.2) is 0 Å². The van der Waals surface area contributed by atoms with Crippen molar-refractivity contribution >= 4 is 34.4 Å². The van der Waals surface area contributed by atoms with Gasteiger partial charge >= 0.3 is 6.09 Å². The average Bonchev–Trinajstić information content (AvgIpc) is 2.53. The lowest BCUT2D eigenvalue weighted by Crippen LogP contribution is -2.34. The fraction of sp³-hybridized carbons (Fsp3) is 0.474. The van der Waals surface area contributed by atoms with Gasteiger partial charge in [-0.05, 0) is 39.8 Å². The van der Waals surface area contributed by atoms with Gasteiger partial charge in [0.2, 0.25) is 0 Å². The molecule has 0 unspecified atom stereocenters. The highest BCUT2D eigenvalue weighted by molar-refractivity contribution is 6.35. The number of benzene rings is 1. The minimum absolute atomic E-state index is 0.300. The lowest BCUT2D eigenvalue weighted by Gasteiger charge is -2.23. The van der Waals surface area contributed by atoms with E-state index in [1.807, 2.05) is 45.9 Å². The predicted octanol–water partition coefficient (Wildman–Crippen LogP) is 4.53. The Kier molecular flexibility index (Phi) is 6.67. The Hall–Kier alpha value is -2.05. The molecule has 0 aliphatic carbocycles. The number of methoxy groups -OCH3 is 1. The van der Waals surface area contributed by atoms with Crippen LogP contribution in [0.4, 0.5) is 10.6 Å². The SMILES string of the molecule is COCCNc1nc2c(Cl)cccc2cc1[C@H](C)NC(=O)OC(C)(C)C. The summed E-state index contributed by atoms with van der Waals surface area (Å²) in [6.07, 6.45) is -0.473. The first-order valence-corrected chi connectivity index (χ1v) is 8.90. The molecule has 0 fully saturated rings. The standard InChI is InChI=1S/C19H26ClN3O3/c1-12(22-18(24)26-19(2,3)4)14-11-13-7-6-8-15(20)16(13)23-17(14)21-9-10-25-5/h6-8,11-12H,9-10H2,1-5H3,(H,21,23)(H,22,24)/t12-/m0/s1. The van der Waals surface area contributed by atoms with Crippen LogP contribution >= 0.6 is 11.6 Å². The highest BCUT2D eigenvalue weighted by atomic mass is 35.5. The Labute approximate surface area is 159 Å². The molecule has 2 rings (SSSR count). The molecular formula is C19H26ClN3O3. The van der Waals surface area contributed by atoms with Gasteiger partial charge in [-0.25, -0.2) is 9.78 Å². The Morgan fingerprint density at radius 3 is 2.73 bits per heavy atom. The molecule has 1 aromatic heterocycles. The van der Waals surface area contributed by atoms with Crippen LogP contribution in [0.5, 0.6) is 0 Å². The third kappa shape index (κ3) is 5.47. The quantitative estimate of drug-likeness (QED) is 0.721. The molecule has 26 heavy (non-hydrogen) atoms. The number of amides is 1. The number of nitrogens with zero attached hydrogens (tertiary/aromatic N) is 1. The number of rotatable bonds is 6. The molecule has 1 heterocycles. The summed E-state index contributed by atoms with van der Waals surface area (Å²) in [4.78, 5) is 16.8. The lowest BCUT2D eigenvalue weighted by molar-refractivity contribution is 0.0508. The second-order valence-corrected chi connectivity index (χ2v) is 7.43. The minimum Gasteiger partial charge on any atom is -0.444 e. The van der Waals surface area contributed by atoms with Crippen LogP contribution in [-0.4, -0.2) is 36.9 Å². The molecule has 1 amide bonds. The first-order chi connectivity index (χ1) is 12.2. The van der Waals surface area contributed by atoms with Crippen LogP contribution in [0.2, 0.25) is 5.02 Å². The molecule has 6 nitrogen and oxygen atoms in total. The molecule has 0 spiro atoms. The highest BCUT2D eigenvalue weighted by Crippen LogP contribution is 2.29. The fourth-order valence-electron chi connectivity index (χ4n) is 2.48. The van der Waals surface area contributed by atoms with Gasteiger partial charge in [0.25, 0.3) is 0 Å². The number of fused-ring (bicyclic) bond motifs is 1. The van der Waals surface area contributed by atoms with E-state index in [-0.39, 0.29) is 6.04 Å². The smallest absolute Gasteiger partial charge is 0.408 e. The molecule has 0 radical (unpaired) electrons. The predicted molar refractivity (Wildman–Crippen MR) is 105 cm³/mol. The summed E-state index contributed by atoms with van der Waals surface area (Å²) in [7, 11) is 1.64. The van der Waals surface area contributed by atoms with Crippen molar-refractivity contribution in [3.63, 3.8) is 0 Å². The lowest BCUT2D eigenvalue weighted by atomic mass is 10.1. The zero-order valence-electron chi connectivity index (χ0n) is 15.9. The summed E-state index contributed by atoms with van der Waals surface area (Å²) >= 11 is 6.27. The second-order valence-electron chi connectivity index (χ2n) is 7.03. The largest absolute Gasteiger partial charge is 0.444 e. The maximum atomic E-state index is 12.1. The van der Waals surface area contributed by atoms with Gasteiger partial charge in [-0.15, -0.1) is 0 Å². The first-order valence-electron chi connectivity index (χ1n) is 8.53. The van der Waals surface area contributed by atoms with Crippen molar-refractivity contribution in [3.8, 4) is 0 Å². The first kappa shape index (κ1) is 20.3. The molecule has 0 saturated carbocycles. The Bertz CT molecular complexity index is 774. The van der Waals surface area contributed by atoms with Crippen molar-refractivity contribution in [1.29, 1.82) is 0 Å². The van der Waals surface area contributed by atoms with Crippen LogP contribution in [0.15, 0.2) is 24.3 Å². The Morgan fingerprint density at radius 1 is 1.35 bits per heavy atom. The van der Waals surface area contributed by atoms with Crippen molar-refractivity contribution in [2.24, 2.45) is 0 Å². The molecule has 0 aliphatic heterocycles. The zero-order chi connectivity index (χ0) is 19.3. The summed E-state index contributed by atoms with van der Waals surface area (Å²) in [5, 5.41) is 7.59. The molecule has 2 N–H and O–H groups in total. The molecule has 0 saturated heterocycles. The van der Waals surface area contributed by atoms with Gasteiger partial charge in [0, 0.05) is 24.6 Å². The maximum Gasteiger partial charge on any atom is 0.408 e. The zero-order valence-corrected chi connectivity index (χ0v) is 16.6. The van der Waals surface area contributed by atoms with Crippen molar-refractivity contribution in [3.05, 3.63) is 34.9 Å². The van der Waals surface area contributed by atoms with Crippen molar-refractivity contribution < 1.29 is 14.3 Å². The van der Waals surface area contributed by atoms with Crippen LogP contribution in [0.3, 0.4) is 0 Å². The third-order valence-electron chi connectivity index (χ3n) is 3.62. The number of anilines is 1. The summed E-state index contributed by atoms with van der Waals surface area (Å²) in [5.41, 5.74) is 1.00. The minimum atomic E-state index is -0.557. The highest BCUT2D eigenvalue weighted by Gasteiger charge is 2.21. The fourth-order valence-corrected chi connectivity index (χ4v) is 2.71. The van der Waals surface area contributed by atoms with Gasteiger partial charge in [0.1, 0.15) is 11.4 Å². The van der Waals surface area contributed by atoms with E-state index >= 15 is 0 Å². The van der Waals surface area contributed by atoms with Crippen molar-refractivity contribution in [1.82, 2.24) is 10.3 Å². The molecule has 0 bridgehead atoms. The van der Waals surface area contributed by atoms with Crippen LogP contribution in [-0.2, 0) is 9.47 Å². The van der Waals surface area contributed by atoms with E-state index in [1.165, 1.54) is 0 Å². The molecule has 142 valence electrons. The molecule has 1 aromatic carbocycles. The van der Waals surface area contributed by atoms with Crippen LogP contribution in [0, 0.1) is 0 Å². The van der Waals surface area contributed by atoms with Gasteiger partial charge in [-0.3, -0.25) is 0 Å². The number of carbonyl (C=O) groups is 1. The van der Waals surface area contributed by atoms with E-state index in [4.69, 9.17) is 21.1 Å². The number of pyridine rings is 1. The van der Waals surface area contributed by atoms with E-state index < -0.39 is 11.7 Å². The molecule has 0 aliphatic rings. The van der Waals surface area contributed by atoms with Gasteiger partial charge in [-0.2, -0.15) is 0 Å². The van der Waals surface area contributed by atoms with Crippen LogP contribution in [0.25, 0.3) is 10.9 Å². The average molecular weight is 380 g/mol. The summed E-state index contributed by atoms with van der Waals surface area (Å²) in [6, 6.07) is 7.30. The molecule has 2 aromatic rings. The topological polar surface area (TPSA) is 72.5 Å². The van der Waals surface area contributed by atoms with Crippen LogP contribution < -0.4 is 10.6 Å². The molecular weight excluding hydrogens is 354 g/mol. The van der Waals surface area contributed by atoms with E-state index in [1.54, 1.807) is 13.2 Å². The summed E-state index contributed by atoms with van der Waals surface area (Å²) in [5.74, 6) is 0.659. The summed E-state index contributed by atoms with van der Waals surface area (Å²) < 4.78 is 10.4. The number of halogens is 1. The number of alkyl carbamates (subject to hydrolysis) is 1. The van der Waals surface area contributed by atoms with E-state index in [9.17, 15) is 4.79 Å². The summed E-state index contributed by atoms with van der Waals surface area (Å²) in [6.45, 7) is 8.50. The second kappa shape index (κ2) is 8.56. The number of nitrogens with one attached hydrogen (secondary N) is 2. The number of ether oxygens (including phenoxy) is 2. The number of hydrogen-bond acceptors (Lipinski definition) is 5. The number of para-hydroxylation sites is 1. The van der Waals surface area contributed by atoms with Crippen LogP contribution in [0.1, 0.15) is 39.3 Å². The number of hydrogen-bond donors (Lipinski definition) is 2. The Morgan fingerprint density at radius 2 is 2.08 bits per heavy atom. The number of carbonyl (C=O) groups excluding carboxylic acids is 1. The van der Waals surface area contributed by atoms with Crippen molar-refractivity contribution in [2.75, 3.05) is 25.6 Å². The Balaban J connectivity index is 2.33. The van der Waals surface area contributed by atoms with Gasteiger partial charge in [-0.1, -0.05) is 23.7 Å². The number of aromatic nitrogens is 1. The van der Waals surface area contributed by atoms with Gasteiger partial charge < -0.3 is 20.1 Å². The molecule has 7 heteroatoms. The molecule has 1 atom stereocenters. The van der Waals surface area contributed by atoms with E-state index in [2.05, 4.69) is 15.6 Å². The van der Waals surface area contributed by atoms with Crippen molar-refractivity contribution in [2.45, 2.75) is 39.3 Å². The van der Waals surface area contributed by atoms with Gasteiger partial charge in [0.05, 0.1) is 23.2 Å². The van der Waals surface area contributed by atoms with E-state index in [0.717, 1.165) is 10.9 Å².